The highest BCUT2D eigenvalue weighted by Gasteiger charge is 2.21. The summed E-state index contributed by atoms with van der Waals surface area (Å²) in [4.78, 5) is 13.8. The van der Waals surface area contributed by atoms with E-state index < -0.39 is 0 Å². The Morgan fingerprint density at radius 3 is 2.89 bits per heavy atom. The van der Waals surface area contributed by atoms with E-state index in [1.54, 1.807) is 11.3 Å². The highest BCUT2D eigenvalue weighted by atomic mass is 32.1. The van der Waals surface area contributed by atoms with Crippen LogP contribution in [0.3, 0.4) is 0 Å². The molecule has 0 unspecified atom stereocenters. The zero-order valence-corrected chi connectivity index (χ0v) is 12.0. The number of nitrogens with zero attached hydrogens (tertiary/aromatic N) is 1. The fraction of sp³-hybridized carbons (Fsp3) is 0.429. The smallest absolute Gasteiger partial charge is 0.256 e. The van der Waals surface area contributed by atoms with Gasteiger partial charge in [0.05, 0.1) is 22.6 Å². The standard InChI is InChI=1S/C14H17N3OS/c1-8-13(9(2)17-16-8)15-14(18)11-7-19-12-6-4-3-5-10(11)12/h7H,3-6H2,1-2H3,(H,15,18)(H,16,17). The second kappa shape index (κ2) is 4.81. The van der Waals surface area contributed by atoms with Gasteiger partial charge < -0.3 is 5.32 Å². The third-order valence-corrected chi connectivity index (χ3v) is 4.76. The van der Waals surface area contributed by atoms with Crippen LogP contribution in [0.5, 0.6) is 0 Å². The number of aryl methyl sites for hydroxylation is 3. The lowest BCUT2D eigenvalue weighted by Crippen LogP contribution is -2.15. The quantitative estimate of drug-likeness (QED) is 0.884. The maximum absolute atomic E-state index is 12.4. The number of hydrogen-bond acceptors (Lipinski definition) is 3. The van der Waals surface area contributed by atoms with Crippen LogP contribution in [0.1, 0.15) is 45.0 Å². The van der Waals surface area contributed by atoms with Crippen LogP contribution in [-0.4, -0.2) is 16.1 Å². The van der Waals surface area contributed by atoms with Crippen molar-refractivity contribution in [1.82, 2.24) is 10.2 Å². The summed E-state index contributed by atoms with van der Waals surface area (Å²) in [5.74, 6) is -0.00741. The Morgan fingerprint density at radius 2 is 2.16 bits per heavy atom. The maximum Gasteiger partial charge on any atom is 0.256 e. The molecule has 0 aliphatic heterocycles. The van der Waals surface area contributed by atoms with E-state index in [-0.39, 0.29) is 5.91 Å². The zero-order chi connectivity index (χ0) is 13.4. The van der Waals surface area contributed by atoms with E-state index in [2.05, 4.69) is 15.5 Å². The van der Waals surface area contributed by atoms with Gasteiger partial charge in [0.1, 0.15) is 0 Å². The normalized spacial score (nSPS) is 14.2. The molecule has 0 atom stereocenters. The predicted octanol–water partition coefficient (Wildman–Crippen LogP) is 3.22. The van der Waals surface area contributed by atoms with Gasteiger partial charge in [0.15, 0.2) is 0 Å². The van der Waals surface area contributed by atoms with Crippen LogP contribution in [0, 0.1) is 13.8 Å². The summed E-state index contributed by atoms with van der Waals surface area (Å²) in [5, 5.41) is 12.0. The third-order valence-electron chi connectivity index (χ3n) is 3.67. The van der Waals surface area contributed by atoms with Gasteiger partial charge in [-0.15, -0.1) is 11.3 Å². The van der Waals surface area contributed by atoms with Crippen LogP contribution >= 0.6 is 11.3 Å². The Morgan fingerprint density at radius 1 is 1.37 bits per heavy atom. The Balaban J connectivity index is 1.87. The molecular formula is C14H17N3OS. The van der Waals surface area contributed by atoms with Gasteiger partial charge in [-0.1, -0.05) is 0 Å². The molecule has 1 aliphatic carbocycles. The van der Waals surface area contributed by atoms with Gasteiger partial charge in [0, 0.05) is 10.3 Å². The highest BCUT2D eigenvalue weighted by molar-refractivity contribution is 7.10. The SMILES string of the molecule is Cc1n[nH]c(C)c1NC(=O)c1csc2c1CCCC2. The fourth-order valence-corrected chi connectivity index (χ4v) is 3.73. The molecule has 3 rings (SSSR count). The third kappa shape index (κ3) is 2.18. The lowest BCUT2D eigenvalue weighted by molar-refractivity contribution is 0.102. The molecule has 0 bridgehead atoms. The van der Waals surface area contributed by atoms with Gasteiger partial charge >= 0.3 is 0 Å². The zero-order valence-electron chi connectivity index (χ0n) is 11.2. The first kappa shape index (κ1) is 12.4. The number of aromatic amines is 1. The van der Waals surface area contributed by atoms with Crippen molar-refractivity contribution in [3.05, 3.63) is 32.8 Å². The van der Waals surface area contributed by atoms with Crippen molar-refractivity contribution in [3.63, 3.8) is 0 Å². The Labute approximate surface area is 116 Å². The van der Waals surface area contributed by atoms with Gasteiger partial charge in [0.25, 0.3) is 5.91 Å². The van der Waals surface area contributed by atoms with Crippen molar-refractivity contribution >= 4 is 22.9 Å². The number of thiophene rings is 1. The summed E-state index contributed by atoms with van der Waals surface area (Å²) >= 11 is 1.72. The van der Waals surface area contributed by atoms with E-state index in [1.165, 1.54) is 23.3 Å². The van der Waals surface area contributed by atoms with Crippen molar-refractivity contribution in [2.45, 2.75) is 39.5 Å². The van der Waals surface area contributed by atoms with Crippen molar-refractivity contribution in [2.24, 2.45) is 0 Å². The molecule has 0 saturated carbocycles. The van der Waals surface area contributed by atoms with Crippen molar-refractivity contribution in [3.8, 4) is 0 Å². The van der Waals surface area contributed by atoms with Gasteiger partial charge in [-0.2, -0.15) is 5.10 Å². The Hall–Kier alpha value is -1.62. The molecule has 2 N–H and O–H groups in total. The number of fused-ring (bicyclic) bond motifs is 1. The van der Waals surface area contributed by atoms with Crippen molar-refractivity contribution < 1.29 is 4.79 Å². The second-order valence-corrected chi connectivity index (χ2v) is 5.99. The average molecular weight is 275 g/mol. The molecule has 0 saturated heterocycles. The number of anilines is 1. The number of aromatic nitrogens is 2. The predicted molar refractivity (Wildman–Crippen MR) is 77.0 cm³/mol. The van der Waals surface area contributed by atoms with E-state index in [9.17, 15) is 4.79 Å². The van der Waals surface area contributed by atoms with Gasteiger partial charge in [-0.25, -0.2) is 0 Å². The van der Waals surface area contributed by atoms with Crippen LogP contribution in [-0.2, 0) is 12.8 Å². The molecule has 1 aliphatic rings. The Kier molecular flexibility index (Phi) is 3.14. The maximum atomic E-state index is 12.4. The molecule has 2 aromatic heterocycles. The molecule has 2 aromatic rings. The molecule has 2 heterocycles. The minimum Gasteiger partial charge on any atom is -0.319 e. The molecule has 1 amide bonds. The first-order valence-corrected chi connectivity index (χ1v) is 7.47. The van der Waals surface area contributed by atoms with E-state index in [1.807, 2.05) is 19.2 Å². The first-order chi connectivity index (χ1) is 9.16. The van der Waals surface area contributed by atoms with E-state index in [0.29, 0.717) is 0 Å². The Bertz CT molecular complexity index is 607. The number of amides is 1. The molecular weight excluding hydrogens is 258 g/mol. The van der Waals surface area contributed by atoms with E-state index in [4.69, 9.17) is 0 Å². The largest absolute Gasteiger partial charge is 0.319 e. The molecule has 0 fully saturated rings. The minimum atomic E-state index is -0.00741. The molecule has 0 spiro atoms. The average Bonchev–Trinajstić information content (AvgIpc) is 2.97. The van der Waals surface area contributed by atoms with Crippen molar-refractivity contribution in [2.75, 3.05) is 5.32 Å². The number of hydrogen-bond donors (Lipinski definition) is 2. The summed E-state index contributed by atoms with van der Waals surface area (Å²) in [6, 6.07) is 0. The number of carbonyl (C=O) groups is 1. The summed E-state index contributed by atoms with van der Waals surface area (Å²) < 4.78 is 0. The van der Waals surface area contributed by atoms with Crippen molar-refractivity contribution in [1.29, 1.82) is 0 Å². The number of nitrogens with one attached hydrogen (secondary N) is 2. The van der Waals surface area contributed by atoms with Crippen LogP contribution in [0.15, 0.2) is 5.38 Å². The lowest BCUT2D eigenvalue weighted by Gasteiger charge is -2.12. The molecule has 4 nitrogen and oxygen atoms in total. The van der Waals surface area contributed by atoms with Crippen LogP contribution in [0.4, 0.5) is 5.69 Å². The van der Waals surface area contributed by atoms with Crippen LogP contribution in [0.25, 0.3) is 0 Å². The summed E-state index contributed by atoms with van der Waals surface area (Å²) in [6.45, 7) is 3.81. The highest BCUT2D eigenvalue weighted by Crippen LogP contribution is 2.31. The molecule has 0 aromatic carbocycles. The second-order valence-electron chi connectivity index (χ2n) is 5.02. The van der Waals surface area contributed by atoms with Gasteiger partial charge in [-0.3, -0.25) is 9.89 Å². The minimum absolute atomic E-state index is 0.00741. The molecule has 19 heavy (non-hydrogen) atoms. The summed E-state index contributed by atoms with van der Waals surface area (Å²) in [6.07, 6.45) is 4.59. The van der Waals surface area contributed by atoms with Crippen LogP contribution < -0.4 is 5.32 Å². The number of carbonyl (C=O) groups excluding carboxylic acids is 1. The van der Waals surface area contributed by atoms with E-state index >= 15 is 0 Å². The topological polar surface area (TPSA) is 57.8 Å². The number of rotatable bonds is 2. The summed E-state index contributed by atoms with van der Waals surface area (Å²) in [5.41, 5.74) is 4.64. The lowest BCUT2D eigenvalue weighted by atomic mass is 9.95. The summed E-state index contributed by atoms with van der Waals surface area (Å²) in [7, 11) is 0. The van der Waals surface area contributed by atoms with E-state index in [0.717, 1.165) is 35.5 Å². The van der Waals surface area contributed by atoms with Gasteiger partial charge in [0.2, 0.25) is 0 Å². The number of H-pyrrole nitrogens is 1. The van der Waals surface area contributed by atoms with Gasteiger partial charge in [-0.05, 0) is 45.1 Å². The molecule has 0 radical (unpaired) electrons. The van der Waals surface area contributed by atoms with Crippen LogP contribution in [0.2, 0.25) is 0 Å². The first-order valence-electron chi connectivity index (χ1n) is 6.59. The monoisotopic (exact) mass is 275 g/mol. The molecule has 100 valence electrons. The molecule has 5 heteroatoms. The fourth-order valence-electron chi connectivity index (χ4n) is 2.60.